The van der Waals surface area contributed by atoms with E-state index in [9.17, 15) is 9.59 Å². The molecule has 5 heteroatoms. The topological polar surface area (TPSA) is 66.8 Å². The molecule has 1 unspecified atom stereocenters. The quantitative estimate of drug-likeness (QED) is 0.895. The molecule has 0 saturated carbocycles. The predicted octanol–water partition coefficient (Wildman–Crippen LogP) is 2.16. The van der Waals surface area contributed by atoms with E-state index in [4.69, 9.17) is 9.84 Å². The molecule has 0 spiro atoms. The molecule has 1 N–H and O–H groups in total. The van der Waals surface area contributed by atoms with Crippen LogP contribution in [0.25, 0.3) is 0 Å². The summed E-state index contributed by atoms with van der Waals surface area (Å²) in [5.41, 5.74) is 0.575. The molecule has 1 heterocycles. The van der Waals surface area contributed by atoms with Gasteiger partial charge >= 0.3 is 5.97 Å². The Kier molecular flexibility index (Phi) is 4.61. The van der Waals surface area contributed by atoms with E-state index in [2.05, 4.69) is 0 Å². The van der Waals surface area contributed by atoms with Gasteiger partial charge in [0.1, 0.15) is 5.75 Å². The number of nitrogens with zero attached hydrogens (tertiary/aromatic N) is 1. The number of likely N-dealkylation sites (tertiary alicyclic amines) is 1. The number of amides is 1. The van der Waals surface area contributed by atoms with Gasteiger partial charge in [-0.25, -0.2) is 0 Å². The van der Waals surface area contributed by atoms with E-state index in [1.54, 1.807) is 29.2 Å². The molecular weight excluding hydrogens is 258 g/mol. The van der Waals surface area contributed by atoms with Gasteiger partial charge in [0.25, 0.3) is 5.91 Å². The first kappa shape index (κ1) is 14.4. The molecule has 1 aromatic carbocycles. The molecule has 20 heavy (non-hydrogen) atoms. The highest BCUT2D eigenvalue weighted by molar-refractivity contribution is 5.95. The number of benzene rings is 1. The Bertz CT molecular complexity index is 483. The highest BCUT2D eigenvalue weighted by Gasteiger charge is 2.30. The zero-order valence-corrected chi connectivity index (χ0v) is 11.5. The van der Waals surface area contributed by atoms with Crippen molar-refractivity contribution in [1.82, 2.24) is 4.90 Å². The highest BCUT2D eigenvalue weighted by atomic mass is 16.5. The van der Waals surface area contributed by atoms with Crippen LogP contribution >= 0.6 is 0 Å². The molecule has 1 saturated heterocycles. The third kappa shape index (κ3) is 3.29. The first-order valence-corrected chi connectivity index (χ1v) is 6.87. The number of hydrogen-bond acceptors (Lipinski definition) is 3. The summed E-state index contributed by atoms with van der Waals surface area (Å²) in [6.45, 7) is 3.11. The average Bonchev–Trinajstić information content (AvgIpc) is 2.86. The number of carboxylic acids is 1. The number of aliphatic carboxylic acids is 1. The van der Waals surface area contributed by atoms with Crippen LogP contribution in [0.15, 0.2) is 24.3 Å². The molecular formula is C15H19NO4. The fraction of sp³-hybridized carbons (Fsp3) is 0.467. The molecule has 1 aromatic rings. The van der Waals surface area contributed by atoms with Gasteiger partial charge < -0.3 is 14.7 Å². The Balaban J connectivity index is 2.07. The summed E-state index contributed by atoms with van der Waals surface area (Å²) in [5, 5.41) is 8.88. The van der Waals surface area contributed by atoms with Crippen LogP contribution in [0.1, 0.15) is 36.5 Å². The number of hydrogen-bond donors (Lipinski definition) is 1. The van der Waals surface area contributed by atoms with E-state index in [1.807, 2.05) is 6.92 Å². The maximum Gasteiger partial charge on any atom is 0.305 e. The SMILES string of the molecule is CCOc1ccc(C(=O)N2CCCC2CC(=O)O)cc1. The summed E-state index contributed by atoms with van der Waals surface area (Å²) < 4.78 is 5.34. The lowest BCUT2D eigenvalue weighted by Crippen LogP contribution is -2.36. The van der Waals surface area contributed by atoms with E-state index in [0.29, 0.717) is 18.7 Å². The standard InChI is InChI=1S/C15H19NO4/c1-2-20-13-7-5-11(6-8-13)15(19)16-9-3-4-12(16)10-14(17)18/h5-8,12H,2-4,9-10H2,1H3,(H,17,18). The summed E-state index contributed by atoms with van der Waals surface area (Å²) in [7, 11) is 0. The molecule has 1 aliphatic heterocycles. The Labute approximate surface area is 118 Å². The van der Waals surface area contributed by atoms with Crippen LogP contribution in [0.2, 0.25) is 0 Å². The fourth-order valence-corrected chi connectivity index (χ4v) is 2.54. The lowest BCUT2D eigenvalue weighted by molar-refractivity contribution is -0.137. The Hall–Kier alpha value is -2.04. The molecule has 0 radical (unpaired) electrons. The van der Waals surface area contributed by atoms with Crippen molar-refractivity contribution in [2.24, 2.45) is 0 Å². The van der Waals surface area contributed by atoms with Gasteiger partial charge in [0.15, 0.2) is 0 Å². The molecule has 1 atom stereocenters. The van der Waals surface area contributed by atoms with E-state index in [1.165, 1.54) is 0 Å². The van der Waals surface area contributed by atoms with Gasteiger partial charge in [-0.15, -0.1) is 0 Å². The van der Waals surface area contributed by atoms with Crippen molar-refractivity contribution in [3.05, 3.63) is 29.8 Å². The van der Waals surface area contributed by atoms with Gasteiger partial charge in [-0.05, 0) is 44.0 Å². The normalized spacial score (nSPS) is 18.1. The third-order valence-electron chi connectivity index (χ3n) is 3.46. The van der Waals surface area contributed by atoms with Crippen molar-refractivity contribution in [3.63, 3.8) is 0 Å². The van der Waals surface area contributed by atoms with Crippen molar-refractivity contribution in [1.29, 1.82) is 0 Å². The summed E-state index contributed by atoms with van der Waals surface area (Å²) in [6, 6.07) is 6.79. The van der Waals surface area contributed by atoms with E-state index in [0.717, 1.165) is 18.6 Å². The van der Waals surface area contributed by atoms with E-state index >= 15 is 0 Å². The molecule has 1 aliphatic rings. The van der Waals surface area contributed by atoms with Crippen molar-refractivity contribution in [2.75, 3.05) is 13.2 Å². The largest absolute Gasteiger partial charge is 0.494 e. The minimum atomic E-state index is -0.860. The Morgan fingerprint density at radius 3 is 2.65 bits per heavy atom. The van der Waals surface area contributed by atoms with Crippen LogP contribution in [0, 0.1) is 0 Å². The minimum absolute atomic E-state index is 0.0166. The number of carboxylic acid groups (broad SMARTS) is 1. The zero-order chi connectivity index (χ0) is 14.5. The molecule has 1 amide bonds. The number of rotatable bonds is 5. The van der Waals surface area contributed by atoms with Gasteiger partial charge in [-0.2, -0.15) is 0 Å². The van der Waals surface area contributed by atoms with Crippen LogP contribution in [0.3, 0.4) is 0 Å². The molecule has 2 rings (SSSR count). The van der Waals surface area contributed by atoms with Crippen LogP contribution in [0.4, 0.5) is 0 Å². The van der Waals surface area contributed by atoms with E-state index < -0.39 is 5.97 Å². The number of carbonyl (C=O) groups is 2. The first-order chi connectivity index (χ1) is 9.61. The van der Waals surface area contributed by atoms with Gasteiger partial charge in [0, 0.05) is 18.2 Å². The Morgan fingerprint density at radius 2 is 2.05 bits per heavy atom. The minimum Gasteiger partial charge on any atom is -0.494 e. The van der Waals surface area contributed by atoms with Crippen LogP contribution < -0.4 is 4.74 Å². The second-order valence-electron chi connectivity index (χ2n) is 4.85. The van der Waals surface area contributed by atoms with Crippen molar-refractivity contribution in [3.8, 4) is 5.75 Å². The van der Waals surface area contributed by atoms with Gasteiger partial charge in [0.05, 0.1) is 13.0 Å². The van der Waals surface area contributed by atoms with Crippen LogP contribution in [0.5, 0.6) is 5.75 Å². The zero-order valence-electron chi connectivity index (χ0n) is 11.5. The molecule has 0 aromatic heterocycles. The van der Waals surface area contributed by atoms with Crippen LogP contribution in [-0.2, 0) is 4.79 Å². The highest BCUT2D eigenvalue weighted by Crippen LogP contribution is 2.23. The van der Waals surface area contributed by atoms with Gasteiger partial charge in [-0.3, -0.25) is 9.59 Å². The predicted molar refractivity (Wildman–Crippen MR) is 73.9 cm³/mol. The van der Waals surface area contributed by atoms with Crippen molar-refractivity contribution in [2.45, 2.75) is 32.2 Å². The monoisotopic (exact) mass is 277 g/mol. The molecule has 108 valence electrons. The smallest absolute Gasteiger partial charge is 0.305 e. The number of carbonyl (C=O) groups excluding carboxylic acids is 1. The molecule has 5 nitrogen and oxygen atoms in total. The second kappa shape index (κ2) is 6.41. The maximum absolute atomic E-state index is 12.4. The summed E-state index contributed by atoms with van der Waals surface area (Å²) in [6.07, 6.45) is 1.64. The third-order valence-corrected chi connectivity index (χ3v) is 3.46. The van der Waals surface area contributed by atoms with Gasteiger partial charge in [-0.1, -0.05) is 0 Å². The Morgan fingerprint density at radius 1 is 1.35 bits per heavy atom. The first-order valence-electron chi connectivity index (χ1n) is 6.87. The van der Waals surface area contributed by atoms with Crippen LogP contribution in [-0.4, -0.2) is 41.1 Å². The average molecular weight is 277 g/mol. The summed E-state index contributed by atoms with van der Waals surface area (Å²) >= 11 is 0. The van der Waals surface area contributed by atoms with Crippen molar-refractivity contribution < 1.29 is 19.4 Å². The summed E-state index contributed by atoms with van der Waals surface area (Å²) in [4.78, 5) is 24.9. The van der Waals surface area contributed by atoms with Gasteiger partial charge in [0.2, 0.25) is 0 Å². The molecule has 0 bridgehead atoms. The summed E-state index contributed by atoms with van der Waals surface area (Å²) in [5.74, 6) is -0.231. The maximum atomic E-state index is 12.4. The lowest BCUT2D eigenvalue weighted by Gasteiger charge is -2.23. The molecule has 0 aliphatic carbocycles. The number of ether oxygens (including phenoxy) is 1. The molecule has 1 fully saturated rings. The lowest BCUT2D eigenvalue weighted by atomic mass is 10.1. The second-order valence-corrected chi connectivity index (χ2v) is 4.85. The fourth-order valence-electron chi connectivity index (χ4n) is 2.54. The van der Waals surface area contributed by atoms with E-state index in [-0.39, 0.29) is 18.4 Å². The van der Waals surface area contributed by atoms with Crippen molar-refractivity contribution >= 4 is 11.9 Å².